The Bertz CT molecular complexity index is 1240. The molecule has 0 spiro atoms. The van der Waals surface area contributed by atoms with Crippen LogP contribution in [0, 0.1) is 5.92 Å². The first-order valence-corrected chi connectivity index (χ1v) is 12.9. The molecule has 3 N–H and O–H groups in total. The van der Waals surface area contributed by atoms with Gasteiger partial charge >= 0.3 is 0 Å². The van der Waals surface area contributed by atoms with Crippen molar-refractivity contribution in [1.29, 1.82) is 0 Å². The summed E-state index contributed by atoms with van der Waals surface area (Å²) in [4.78, 5) is 32.3. The number of anilines is 2. The van der Waals surface area contributed by atoms with Crippen LogP contribution in [0.3, 0.4) is 0 Å². The second kappa shape index (κ2) is 9.66. The second-order valence-corrected chi connectivity index (χ2v) is 10.7. The molecule has 3 aromatic rings. The van der Waals surface area contributed by atoms with E-state index >= 15 is 0 Å². The van der Waals surface area contributed by atoms with Crippen LogP contribution in [0.25, 0.3) is 11.0 Å². The lowest BCUT2D eigenvalue weighted by atomic mass is 9.87. The third-order valence-electron chi connectivity index (χ3n) is 7.15. The van der Waals surface area contributed by atoms with Gasteiger partial charge in [-0.3, -0.25) is 14.9 Å². The van der Waals surface area contributed by atoms with E-state index in [0.29, 0.717) is 11.5 Å². The number of halogens is 2. The van der Waals surface area contributed by atoms with Crippen LogP contribution < -0.4 is 16.0 Å². The standard InChI is InChI=1S/C25H29F2N5O2S/c1-31(24(34)14-5-3-2-4-6-14)16-7-8-19-18(13-16)29-25(32(19)17-11-15(28)12-17)30-23(33)21-10-9-20(35-21)22(26)27/h7-10,13-15,17,22H,2-6,11-12,28H2,1H3,(H,29,30,33)/t15-,17+. The van der Waals surface area contributed by atoms with Gasteiger partial charge in [0.1, 0.15) is 0 Å². The summed E-state index contributed by atoms with van der Waals surface area (Å²) < 4.78 is 27.9. The number of fused-ring (bicyclic) bond motifs is 1. The van der Waals surface area contributed by atoms with E-state index in [1.807, 2.05) is 22.8 Å². The van der Waals surface area contributed by atoms with E-state index in [0.717, 1.165) is 61.1 Å². The number of nitrogens with one attached hydrogen (secondary N) is 1. The molecule has 0 radical (unpaired) electrons. The summed E-state index contributed by atoms with van der Waals surface area (Å²) in [6.07, 6.45) is 4.10. The van der Waals surface area contributed by atoms with Crippen molar-refractivity contribution in [2.75, 3.05) is 17.3 Å². The predicted octanol–water partition coefficient (Wildman–Crippen LogP) is 5.49. The van der Waals surface area contributed by atoms with Gasteiger partial charge in [-0.05, 0) is 56.0 Å². The third kappa shape index (κ3) is 4.69. The van der Waals surface area contributed by atoms with Crippen molar-refractivity contribution < 1.29 is 18.4 Å². The zero-order chi connectivity index (χ0) is 24.7. The summed E-state index contributed by atoms with van der Waals surface area (Å²) in [5, 5.41) is 2.81. The number of aromatic nitrogens is 2. The van der Waals surface area contributed by atoms with E-state index in [1.54, 1.807) is 11.9 Å². The fourth-order valence-corrected chi connectivity index (χ4v) is 5.86. The van der Waals surface area contributed by atoms with Crippen molar-refractivity contribution in [2.24, 2.45) is 11.7 Å². The molecule has 2 aliphatic carbocycles. The molecule has 2 aromatic heterocycles. The predicted molar refractivity (Wildman–Crippen MR) is 133 cm³/mol. The monoisotopic (exact) mass is 501 g/mol. The first-order valence-electron chi connectivity index (χ1n) is 12.1. The number of thiophene rings is 1. The molecule has 7 nitrogen and oxygen atoms in total. The lowest BCUT2D eigenvalue weighted by molar-refractivity contribution is -0.123. The highest BCUT2D eigenvalue weighted by molar-refractivity contribution is 7.14. The van der Waals surface area contributed by atoms with Crippen LogP contribution in [-0.4, -0.2) is 34.5 Å². The number of imidazole rings is 1. The van der Waals surface area contributed by atoms with Gasteiger partial charge in [0.05, 0.1) is 20.8 Å². The van der Waals surface area contributed by atoms with Gasteiger partial charge in [0.2, 0.25) is 11.9 Å². The Morgan fingerprint density at radius 3 is 2.57 bits per heavy atom. The Balaban J connectivity index is 1.44. The highest BCUT2D eigenvalue weighted by atomic mass is 32.1. The summed E-state index contributed by atoms with van der Waals surface area (Å²) >= 11 is 0.769. The van der Waals surface area contributed by atoms with Crippen molar-refractivity contribution in [3.63, 3.8) is 0 Å². The van der Waals surface area contributed by atoms with Crippen molar-refractivity contribution in [3.05, 3.63) is 40.1 Å². The first-order chi connectivity index (χ1) is 16.8. The van der Waals surface area contributed by atoms with E-state index in [9.17, 15) is 18.4 Å². The molecule has 0 saturated heterocycles. The van der Waals surface area contributed by atoms with E-state index in [-0.39, 0.29) is 33.7 Å². The van der Waals surface area contributed by atoms with Crippen LogP contribution in [0.4, 0.5) is 20.4 Å². The van der Waals surface area contributed by atoms with E-state index in [1.165, 1.54) is 18.6 Å². The summed E-state index contributed by atoms with van der Waals surface area (Å²) in [6, 6.07) is 8.52. The average Bonchev–Trinajstić information content (AvgIpc) is 3.46. The van der Waals surface area contributed by atoms with Gasteiger partial charge in [-0.2, -0.15) is 0 Å². The average molecular weight is 502 g/mol. The minimum Gasteiger partial charge on any atom is -0.328 e. The van der Waals surface area contributed by atoms with Crippen molar-refractivity contribution in [2.45, 2.75) is 63.5 Å². The third-order valence-corrected chi connectivity index (χ3v) is 8.24. The number of nitrogens with two attached hydrogens (primary N) is 1. The maximum atomic E-state index is 13.0. The number of carbonyl (C=O) groups is 2. The summed E-state index contributed by atoms with van der Waals surface area (Å²) in [6.45, 7) is 0. The van der Waals surface area contributed by atoms with Crippen molar-refractivity contribution in [1.82, 2.24) is 9.55 Å². The molecule has 1 aromatic carbocycles. The van der Waals surface area contributed by atoms with Gasteiger partial charge in [0.15, 0.2) is 0 Å². The molecule has 186 valence electrons. The minimum absolute atomic E-state index is 0.0530. The number of benzene rings is 1. The summed E-state index contributed by atoms with van der Waals surface area (Å²) in [5.41, 5.74) is 8.26. The van der Waals surface area contributed by atoms with Crippen LogP contribution >= 0.6 is 11.3 Å². The Labute approximate surface area is 206 Å². The van der Waals surface area contributed by atoms with Crippen LogP contribution in [0.5, 0.6) is 0 Å². The summed E-state index contributed by atoms with van der Waals surface area (Å²) in [7, 11) is 1.79. The molecule has 2 amide bonds. The van der Waals surface area contributed by atoms with Crippen LogP contribution in [0.2, 0.25) is 0 Å². The van der Waals surface area contributed by atoms with E-state index in [2.05, 4.69) is 10.3 Å². The van der Waals surface area contributed by atoms with Crippen molar-refractivity contribution in [3.8, 4) is 0 Å². The highest BCUT2D eigenvalue weighted by Gasteiger charge is 2.32. The van der Waals surface area contributed by atoms with Gasteiger partial charge in [0, 0.05) is 30.7 Å². The van der Waals surface area contributed by atoms with Crippen molar-refractivity contribution >= 4 is 45.8 Å². The number of alkyl halides is 2. The fourth-order valence-electron chi connectivity index (χ4n) is 5.10. The molecule has 2 saturated carbocycles. The molecule has 0 aliphatic heterocycles. The first kappa shape index (κ1) is 23.9. The second-order valence-electron chi connectivity index (χ2n) is 9.55. The number of nitrogens with zero attached hydrogens (tertiary/aromatic N) is 3. The Hall–Kier alpha value is -2.85. The summed E-state index contributed by atoms with van der Waals surface area (Å²) in [5.74, 6) is 0.0472. The zero-order valence-electron chi connectivity index (χ0n) is 19.5. The molecule has 0 unspecified atom stereocenters. The van der Waals surface area contributed by atoms with Gasteiger partial charge in [-0.25, -0.2) is 13.8 Å². The number of rotatable bonds is 6. The Morgan fingerprint density at radius 2 is 1.91 bits per heavy atom. The zero-order valence-corrected chi connectivity index (χ0v) is 20.4. The molecular formula is C25H29F2N5O2S. The highest BCUT2D eigenvalue weighted by Crippen LogP contribution is 2.38. The molecule has 5 rings (SSSR count). The van der Waals surface area contributed by atoms with Gasteiger partial charge < -0.3 is 15.2 Å². The smallest absolute Gasteiger partial charge is 0.272 e. The molecule has 2 heterocycles. The van der Waals surface area contributed by atoms with Gasteiger partial charge in [-0.1, -0.05) is 19.3 Å². The van der Waals surface area contributed by atoms with Gasteiger partial charge in [-0.15, -0.1) is 11.3 Å². The quantitative estimate of drug-likeness (QED) is 0.467. The fraction of sp³-hybridized carbons (Fsp3) is 0.480. The molecule has 0 bridgehead atoms. The SMILES string of the molecule is CN(C(=O)C1CCCCC1)c1ccc2c(c1)nc(NC(=O)c1ccc(C(F)F)s1)n2[C@H]1C[C@@H](N)C1. The molecule has 35 heavy (non-hydrogen) atoms. The molecule has 10 heteroatoms. The van der Waals surface area contributed by atoms with E-state index < -0.39 is 12.3 Å². The number of amides is 2. The molecule has 2 aliphatic rings. The number of carbonyl (C=O) groups excluding carboxylic acids is 2. The lowest BCUT2D eigenvalue weighted by Gasteiger charge is -2.34. The molecule has 2 fully saturated rings. The van der Waals surface area contributed by atoms with Crippen LogP contribution in [-0.2, 0) is 4.79 Å². The Kier molecular flexibility index (Phi) is 6.59. The van der Waals surface area contributed by atoms with Gasteiger partial charge in [0.25, 0.3) is 12.3 Å². The van der Waals surface area contributed by atoms with Crippen LogP contribution in [0.1, 0.15) is 72.0 Å². The minimum atomic E-state index is -2.62. The normalized spacial score (nSPS) is 20.7. The largest absolute Gasteiger partial charge is 0.328 e. The maximum Gasteiger partial charge on any atom is 0.272 e. The maximum absolute atomic E-state index is 13.0. The number of hydrogen-bond donors (Lipinski definition) is 2. The Morgan fingerprint density at radius 1 is 1.17 bits per heavy atom. The van der Waals surface area contributed by atoms with E-state index in [4.69, 9.17) is 5.73 Å². The topological polar surface area (TPSA) is 93.2 Å². The molecular weight excluding hydrogens is 472 g/mol. The van der Waals surface area contributed by atoms with Crippen LogP contribution in [0.15, 0.2) is 30.3 Å². The number of hydrogen-bond acceptors (Lipinski definition) is 5. The molecule has 0 atom stereocenters. The lowest BCUT2D eigenvalue weighted by Crippen LogP contribution is -2.38.